The number of amides is 2. The first kappa shape index (κ1) is 15.8. The third-order valence-corrected chi connectivity index (χ3v) is 3.75. The lowest BCUT2D eigenvalue weighted by molar-refractivity contribution is -0.122. The van der Waals surface area contributed by atoms with Crippen LogP contribution in [0.2, 0.25) is 0 Å². The molecule has 2 amide bonds. The molecule has 0 atom stereocenters. The smallest absolute Gasteiger partial charge is 0.270 e. The van der Waals surface area contributed by atoms with E-state index < -0.39 is 11.8 Å². The number of allylic oxidation sites excluding steroid dienone is 2. The molecule has 0 unspecified atom stereocenters. The summed E-state index contributed by atoms with van der Waals surface area (Å²) < 4.78 is 0. The first-order chi connectivity index (χ1) is 11.7. The van der Waals surface area contributed by atoms with Crippen molar-refractivity contribution in [2.75, 3.05) is 4.90 Å². The van der Waals surface area contributed by atoms with Gasteiger partial charge in [0, 0.05) is 0 Å². The Morgan fingerprint density at radius 3 is 2.21 bits per heavy atom. The van der Waals surface area contributed by atoms with Crippen LogP contribution in [0.5, 0.6) is 0 Å². The molecule has 2 aromatic rings. The van der Waals surface area contributed by atoms with E-state index in [1.165, 1.54) is 11.0 Å². The lowest BCUT2D eigenvalue weighted by Gasteiger charge is -2.28. The van der Waals surface area contributed by atoms with Gasteiger partial charge in [0.1, 0.15) is 5.57 Å². The van der Waals surface area contributed by atoms with Gasteiger partial charge in [-0.05, 0) is 36.0 Å². The maximum Gasteiger partial charge on any atom is 0.270 e. The van der Waals surface area contributed by atoms with E-state index in [0.717, 1.165) is 5.56 Å². The quantitative estimate of drug-likeness (QED) is 0.533. The van der Waals surface area contributed by atoms with Gasteiger partial charge in [0.15, 0.2) is 5.11 Å². The minimum Gasteiger partial charge on any atom is -0.298 e. The Balaban J connectivity index is 1.88. The van der Waals surface area contributed by atoms with Crippen molar-refractivity contribution in [3.8, 4) is 0 Å². The zero-order valence-electron chi connectivity index (χ0n) is 12.7. The molecular formula is C19H14N2O2S. The molecule has 2 aromatic carbocycles. The molecule has 3 rings (SSSR count). The van der Waals surface area contributed by atoms with Gasteiger partial charge in [-0.3, -0.25) is 19.8 Å². The molecule has 1 fully saturated rings. The van der Waals surface area contributed by atoms with Crippen LogP contribution in [-0.2, 0) is 9.59 Å². The van der Waals surface area contributed by atoms with Crippen LogP contribution >= 0.6 is 12.2 Å². The summed E-state index contributed by atoms with van der Waals surface area (Å²) in [5.41, 5.74) is 1.64. The fourth-order valence-electron chi connectivity index (χ4n) is 2.31. The van der Waals surface area contributed by atoms with Crippen LogP contribution in [0.25, 0.3) is 6.08 Å². The minimum absolute atomic E-state index is 0.0413. The molecule has 0 aliphatic carbocycles. The average Bonchev–Trinajstić information content (AvgIpc) is 2.59. The Bertz CT molecular complexity index is 842. The van der Waals surface area contributed by atoms with Crippen molar-refractivity contribution in [2.45, 2.75) is 0 Å². The largest absolute Gasteiger partial charge is 0.298 e. The van der Waals surface area contributed by atoms with Gasteiger partial charge in [0.2, 0.25) is 0 Å². The molecule has 0 radical (unpaired) electrons. The number of hydrogen-bond donors (Lipinski definition) is 1. The van der Waals surface area contributed by atoms with E-state index >= 15 is 0 Å². The van der Waals surface area contributed by atoms with Gasteiger partial charge in [0.25, 0.3) is 11.8 Å². The number of anilines is 1. The molecule has 1 aliphatic rings. The van der Waals surface area contributed by atoms with Gasteiger partial charge in [-0.1, -0.05) is 60.7 Å². The van der Waals surface area contributed by atoms with Crippen molar-refractivity contribution in [1.29, 1.82) is 0 Å². The van der Waals surface area contributed by atoms with Crippen LogP contribution in [0.4, 0.5) is 5.69 Å². The van der Waals surface area contributed by atoms with Crippen molar-refractivity contribution in [3.05, 3.63) is 84.0 Å². The molecule has 5 heteroatoms. The molecule has 0 spiro atoms. The SMILES string of the molecule is O=C1NC(=S)N(c2ccccc2)C(=O)C1=CC=Cc1ccccc1. The summed E-state index contributed by atoms with van der Waals surface area (Å²) in [6.45, 7) is 0. The Kier molecular flexibility index (Phi) is 4.63. The summed E-state index contributed by atoms with van der Waals surface area (Å²) >= 11 is 5.13. The highest BCUT2D eigenvalue weighted by Crippen LogP contribution is 2.20. The number of carbonyl (C=O) groups is 2. The fraction of sp³-hybridized carbons (Fsp3) is 0. The molecule has 1 heterocycles. The highest BCUT2D eigenvalue weighted by Gasteiger charge is 2.33. The van der Waals surface area contributed by atoms with Crippen LogP contribution in [0.1, 0.15) is 5.56 Å². The van der Waals surface area contributed by atoms with Crippen LogP contribution in [0.3, 0.4) is 0 Å². The number of thiocarbonyl (C=S) groups is 1. The Morgan fingerprint density at radius 1 is 0.917 bits per heavy atom. The normalized spacial score (nSPS) is 16.8. The van der Waals surface area contributed by atoms with Gasteiger partial charge in [0.05, 0.1) is 5.69 Å². The van der Waals surface area contributed by atoms with E-state index in [9.17, 15) is 9.59 Å². The number of carbonyl (C=O) groups excluding carboxylic acids is 2. The predicted molar refractivity (Wildman–Crippen MR) is 98.2 cm³/mol. The Morgan fingerprint density at radius 2 is 1.54 bits per heavy atom. The second-order valence-corrected chi connectivity index (χ2v) is 5.47. The van der Waals surface area contributed by atoms with Gasteiger partial charge < -0.3 is 0 Å². The summed E-state index contributed by atoms with van der Waals surface area (Å²) in [4.78, 5) is 26.1. The zero-order valence-corrected chi connectivity index (χ0v) is 13.5. The van der Waals surface area contributed by atoms with Gasteiger partial charge >= 0.3 is 0 Å². The predicted octanol–water partition coefficient (Wildman–Crippen LogP) is 3.07. The van der Waals surface area contributed by atoms with Crippen molar-refractivity contribution >= 4 is 40.9 Å². The van der Waals surface area contributed by atoms with Crippen molar-refractivity contribution in [3.63, 3.8) is 0 Å². The van der Waals surface area contributed by atoms with Crippen molar-refractivity contribution < 1.29 is 9.59 Å². The van der Waals surface area contributed by atoms with E-state index in [0.29, 0.717) is 5.69 Å². The second kappa shape index (κ2) is 7.02. The Labute approximate surface area is 145 Å². The molecule has 1 saturated heterocycles. The van der Waals surface area contributed by atoms with Crippen molar-refractivity contribution in [1.82, 2.24) is 5.32 Å². The minimum atomic E-state index is -0.491. The summed E-state index contributed by atoms with van der Waals surface area (Å²) in [7, 11) is 0. The molecule has 1 N–H and O–H groups in total. The zero-order chi connectivity index (χ0) is 16.9. The number of benzene rings is 2. The summed E-state index contributed by atoms with van der Waals surface area (Å²) in [6, 6.07) is 18.6. The topological polar surface area (TPSA) is 49.4 Å². The molecule has 1 aliphatic heterocycles. The number of para-hydroxylation sites is 1. The second-order valence-electron chi connectivity index (χ2n) is 5.09. The van der Waals surface area contributed by atoms with Crippen LogP contribution < -0.4 is 10.2 Å². The third-order valence-electron chi connectivity index (χ3n) is 3.47. The van der Waals surface area contributed by atoms with E-state index in [-0.39, 0.29) is 10.7 Å². The number of rotatable bonds is 3. The molecule has 24 heavy (non-hydrogen) atoms. The van der Waals surface area contributed by atoms with Gasteiger partial charge in [-0.25, -0.2) is 0 Å². The van der Waals surface area contributed by atoms with Crippen molar-refractivity contribution in [2.24, 2.45) is 0 Å². The molecule has 0 aromatic heterocycles. The summed E-state index contributed by atoms with van der Waals surface area (Å²) in [5.74, 6) is -0.928. The fourth-order valence-corrected chi connectivity index (χ4v) is 2.59. The number of hydrogen-bond acceptors (Lipinski definition) is 3. The molecule has 118 valence electrons. The molecule has 0 bridgehead atoms. The van der Waals surface area contributed by atoms with E-state index in [1.54, 1.807) is 30.3 Å². The first-order valence-corrected chi connectivity index (χ1v) is 7.76. The Hall–Kier alpha value is -3.05. The van der Waals surface area contributed by atoms with Crippen LogP contribution in [0.15, 0.2) is 78.4 Å². The molecule has 4 nitrogen and oxygen atoms in total. The van der Waals surface area contributed by atoms with Gasteiger partial charge in [-0.15, -0.1) is 0 Å². The maximum absolute atomic E-state index is 12.7. The highest BCUT2D eigenvalue weighted by atomic mass is 32.1. The monoisotopic (exact) mass is 334 g/mol. The maximum atomic E-state index is 12.7. The van der Waals surface area contributed by atoms with E-state index in [1.807, 2.05) is 42.5 Å². The first-order valence-electron chi connectivity index (χ1n) is 7.35. The van der Waals surface area contributed by atoms with E-state index in [2.05, 4.69) is 5.32 Å². The summed E-state index contributed by atoms with van der Waals surface area (Å²) in [5, 5.41) is 2.64. The van der Waals surface area contributed by atoms with E-state index in [4.69, 9.17) is 12.2 Å². The number of nitrogens with one attached hydrogen (secondary N) is 1. The molecular weight excluding hydrogens is 320 g/mol. The highest BCUT2D eigenvalue weighted by molar-refractivity contribution is 7.80. The lowest BCUT2D eigenvalue weighted by atomic mass is 10.1. The summed E-state index contributed by atoms with van der Waals surface area (Å²) in [6.07, 6.45) is 5.01. The third kappa shape index (κ3) is 3.31. The standard InChI is InChI=1S/C19H14N2O2S/c22-17-16(13-7-10-14-8-3-1-4-9-14)18(23)21(19(24)20-17)15-11-5-2-6-12-15/h1-13H,(H,20,22,24). The van der Waals surface area contributed by atoms with Crippen LogP contribution in [0, 0.1) is 0 Å². The lowest BCUT2D eigenvalue weighted by Crippen LogP contribution is -2.54. The number of nitrogens with zero attached hydrogens (tertiary/aromatic N) is 1. The van der Waals surface area contributed by atoms with Crippen LogP contribution in [-0.4, -0.2) is 16.9 Å². The molecule has 0 saturated carbocycles. The van der Waals surface area contributed by atoms with Gasteiger partial charge in [-0.2, -0.15) is 0 Å². The average molecular weight is 334 g/mol.